The molecular weight excluding hydrogens is 265 g/mol. The van der Waals surface area contributed by atoms with Gasteiger partial charge in [0.1, 0.15) is 5.75 Å². The summed E-state index contributed by atoms with van der Waals surface area (Å²) < 4.78 is 5.87. The van der Waals surface area contributed by atoms with Crippen molar-refractivity contribution in [2.45, 2.75) is 5.88 Å². The first kappa shape index (κ1) is 12.0. The van der Waals surface area contributed by atoms with Crippen molar-refractivity contribution in [3.05, 3.63) is 22.4 Å². The minimum absolute atomic E-state index is 0. The van der Waals surface area contributed by atoms with Crippen LogP contribution in [0.3, 0.4) is 0 Å². The van der Waals surface area contributed by atoms with Crippen LogP contribution in [0.5, 0.6) is 5.75 Å². The smallest absolute Gasteiger partial charge is 0.136 e. The van der Waals surface area contributed by atoms with Crippen molar-refractivity contribution in [2.24, 2.45) is 0 Å². The number of hydrogen-bond donors (Lipinski definition) is 0. The third-order valence-electron chi connectivity index (χ3n) is 1.27. The maximum absolute atomic E-state index is 5.61. The van der Waals surface area contributed by atoms with Crippen molar-refractivity contribution < 1.29 is 4.74 Å². The highest BCUT2D eigenvalue weighted by Crippen LogP contribution is 2.27. The average Bonchev–Trinajstić information content (AvgIpc) is 2.05. The number of alkyl halides is 1. The number of hydrogen-bond acceptors (Lipinski definition) is 2. The highest BCUT2D eigenvalue weighted by molar-refractivity contribution is 9.10. The number of nitrogens with zero attached hydrogens (tertiary/aromatic N) is 1. The number of aromatic nitrogens is 1. The van der Waals surface area contributed by atoms with Crippen LogP contribution in [0.4, 0.5) is 0 Å². The molecule has 0 amide bonds. The fourth-order valence-electron chi connectivity index (χ4n) is 0.718. The molecule has 0 aliphatic rings. The normalized spacial score (nSPS) is 8.92. The molecule has 1 heterocycles. The summed E-state index contributed by atoms with van der Waals surface area (Å²) in [6.45, 7) is 0. The van der Waals surface area contributed by atoms with E-state index in [9.17, 15) is 0 Å². The second-order valence-corrected chi connectivity index (χ2v) is 2.97. The Kier molecular flexibility index (Phi) is 5.63. The molecule has 0 aliphatic heterocycles. The van der Waals surface area contributed by atoms with Gasteiger partial charge in [0, 0.05) is 6.20 Å². The van der Waals surface area contributed by atoms with Gasteiger partial charge in [-0.3, -0.25) is 4.98 Å². The third kappa shape index (κ3) is 2.51. The molecule has 1 aromatic rings. The Morgan fingerprint density at radius 2 is 2.33 bits per heavy atom. The number of pyridine rings is 1. The van der Waals surface area contributed by atoms with E-state index in [-0.39, 0.29) is 12.4 Å². The second-order valence-electron chi connectivity index (χ2n) is 1.91. The molecule has 0 atom stereocenters. The summed E-state index contributed by atoms with van der Waals surface area (Å²) in [4.78, 5) is 4.05. The van der Waals surface area contributed by atoms with E-state index >= 15 is 0 Å². The molecule has 5 heteroatoms. The van der Waals surface area contributed by atoms with Crippen LogP contribution < -0.4 is 4.74 Å². The van der Waals surface area contributed by atoms with Gasteiger partial charge in [-0.05, 0) is 22.0 Å². The number of halogens is 3. The molecule has 0 aromatic carbocycles. The molecular formula is C7H8BrCl2NO. The monoisotopic (exact) mass is 271 g/mol. The summed E-state index contributed by atoms with van der Waals surface area (Å²) >= 11 is 8.94. The molecule has 1 aromatic heterocycles. The van der Waals surface area contributed by atoms with Crippen LogP contribution in [0, 0.1) is 0 Å². The summed E-state index contributed by atoms with van der Waals surface area (Å²) in [5.41, 5.74) is 0.797. The molecule has 0 N–H and O–H groups in total. The second kappa shape index (κ2) is 5.62. The average molecular weight is 273 g/mol. The standard InChI is InChI=1S/C7H7BrClNO.ClH/c1-11-6-2-3-10-5(4-9)7(6)8;/h2-3H,4H2,1H3;1H. The highest BCUT2D eigenvalue weighted by Gasteiger charge is 2.04. The molecule has 0 spiro atoms. The summed E-state index contributed by atoms with van der Waals surface area (Å²) in [5.74, 6) is 1.15. The van der Waals surface area contributed by atoms with Crippen molar-refractivity contribution in [3.63, 3.8) is 0 Å². The summed E-state index contributed by atoms with van der Waals surface area (Å²) in [5, 5.41) is 0. The Balaban J connectivity index is 0.00000121. The summed E-state index contributed by atoms with van der Waals surface area (Å²) in [6.07, 6.45) is 1.67. The topological polar surface area (TPSA) is 22.1 Å². The van der Waals surface area contributed by atoms with E-state index in [0.717, 1.165) is 15.9 Å². The van der Waals surface area contributed by atoms with Gasteiger partial charge in [-0.15, -0.1) is 24.0 Å². The van der Waals surface area contributed by atoms with Gasteiger partial charge < -0.3 is 4.74 Å². The van der Waals surface area contributed by atoms with Crippen molar-refractivity contribution >= 4 is 39.9 Å². The molecule has 0 radical (unpaired) electrons. The number of methoxy groups -OCH3 is 1. The molecule has 0 saturated carbocycles. The Hall–Kier alpha value is 0.01000. The molecule has 0 fully saturated rings. The van der Waals surface area contributed by atoms with Crippen LogP contribution in [0.1, 0.15) is 5.69 Å². The van der Waals surface area contributed by atoms with E-state index in [4.69, 9.17) is 16.3 Å². The van der Waals surface area contributed by atoms with E-state index in [2.05, 4.69) is 20.9 Å². The van der Waals surface area contributed by atoms with Crippen LogP contribution in [0.2, 0.25) is 0 Å². The number of rotatable bonds is 2. The summed E-state index contributed by atoms with van der Waals surface area (Å²) in [6, 6.07) is 1.78. The minimum Gasteiger partial charge on any atom is -0.495 e. The van der Waals surface area contributed by atoms with Crippen molar-refractivity contribution in [2.75, 3.05) is 7.11 Å². The molecule has 1 rings (SSSR count). The Bertz CT molecular complexity index is 235. The van der Waals surface area contributed by atoms with Gasteiger partial charge in [0.2, 0.25) is 0 Å². The lowest BCUT2D eigenvalue weighted by molar-refractivity contribution is 0.411. The van der Waals surface area contributed by atoms with Gasteiger partial charge in [-0.2, -0.15) is 0 Å². The Morgan fingerprint density at radius 1 is 1.67 bits per heavy atom. The molecule has 68 valence electrons. The van der Waals surface area contributed by atoms with E-state index in [0.29, 0.717) is 5.88 Å². The quantitative estimate of drug-likeness (QED) is 0.773. The van der Waals surface area contributed by atoms with Crippen LogP contribution in [0.25, 0.3) is 0 Å². The Morgan fingerprint density at radius 3 is 2.83 bits per heavy atom. The first-order chi connectivity index (χ1) is 5.29. The predicted octanol–water partition coefficient (Wildman–Crippen LogP) is 3.01. The Labute approximate surface area is 90.8 Å². The van der Waals surface area contributed by atoms with Gasteiger partial charge in [-0.1, -0.05) is 0 Å². The van der Waals surface area contributed by atoms with Crippen LogP contribution in [0.15, 0.2) is 16.7 Å². The minimum atomic E-state index is 0. The van der Waals surface area contributed by atoms with Crippen molar-refractivity contribution in [1.82, 2.24) is 4.98 Å². The van der Waals surface area contributed by atoms with Gasteiger partial charge in [-0.25, -0.2) is 0 Å². The van der Waals surface area contributed by atoms with E-state index in [1.54, 1.807) is 19.4 Å². The first-order valence-electron chi connectivity index (χ1n) is 3.03. The lowest BCUT2D eigenvalue weighted by atomic mass is 10.3. The zero-order valence-electron chi connectivity index (χ0n) is 6.38. The van der Waals surface area contributed by atoms with Crippen LogP contribution in [-0.2, 0) is 5.88 Å². The van der Waals surface area contributed by atoms with Gasteiger partial charge in [0.15, 0.2) is 0 Å². The largest absolute Gasteiger partial charge is 0.495 e. The van der Waals surface area contributed by atoms with Gasteiger partial charge >= 0.3 is 0 Å². The fraction of sp³-hybridized carbons (Fsp3) is 0.286. The molecule has 0 aliphatic carbocycles. The van der Waals surface area contributed by atoms with Crippen LogP contribution >= 0.6 is 39.9 Å². The molecule has 0 unspecified atom stereocenters. The predicted molar refractivity (Wildman–Crippen MR) is 55.3 cm³/mol. The zero-order valence-corrected chi connectivity index (χ0v) is 9.54. The van der Waals surface area contributed by atoms with E-state index in [1.807, 2.05) is 0 Å². The lowest BCUT2D eigenvalue weighted by Crippen LogP contribution is -1.91. The fourth-order valence-corrected chi connectivity index (χ4v) is 1.62. The molecule has 0 bridgehead atoms. The number of ether oxygens (including phenoxy) is 1. The first-order valence-corrected chi connectivity index (χ1v) is 4.35. The molecule has 0 saturated heterocycles. The molecule has 12 heavy (non-hydrogen) atoms. The van der Waals surface area contributed by atoms with E-state index in [1.165, 1.54) is 0 Å². The lowest BCUT2D eigenvalue weighted by Gasteiger charge is -2.04. The van der Waals surface area contributed by atoms with Gasteiger partial charge in [0.25, 0.3) is 0 Å². The van der Waals surface area contributed by atoms with Gasteiger partial charge in [0.05, 0.1) is 23.2 Å². The zero-order chi connectivity index (χ0) is 8.27. The maximum Gasteiger partial charge on any atom is 0.136 e. The van der Waals surface area contributed by atoms with Crippen molar-refractivity contribution in [3.8, 4) is 5.75 Å². The SMILES string of the molecule is COc1ccnc(CCl)c1Br.Cl. The maximum atomic E-state index is 5.61. The van der Waals surface area contributed by atoms with Crippen molar-refractivity contribution in [1.29, 1.82) is 0 Å². The summed E-state index contributed by atoms with van der Waals surface area (Å²) in [7, 11) is 1.61. The van der Waals surface area contributed by atoms with E-state index < -0.39 is 0 Å². The molecule has 2 nitrogen and oxygen atoms in total. The highest BCUT2D eigenvalue weighted by atomic mass is 79.9. The third-order valence-corrected chi connectivity index (χ3v) is 2.37. The van der Waals surface area contributed by atoms with Crippen LogP contribution in [-0.4, -0.2) is 12.1 Å².